The molecule has 3 aromatic carbocycles. The van der Waals surface area contributed by atoms with Gasteiger partial charge in [-0.15, -0.1) is 0 Å². The van der Waals surface area contributed by atoms with E-state index in [4.69, 9.17) is 9.47 Å². The van der Waals surface area contributed by atoms with Crippen molar-refractivity contribution in [2.75, 3.05) is 12.4 Å². The summed E-state index contributed by atoms with van der Waals surface area (Å²) in [4.78, 5) is 12.5. The minimum atomic E-state index is -0.488. The molecule has 0 aromatic heterocycles. The molecule has 0 aliphatic heterocycles. The fourth-order valence-corrected chi connectivity index (χ4v) is 3.37. The summed E-state index contributed by atoms with van der Waals surface area (Å²) in [5.74, 6) is 0.581. The lowest BCUT2D eigenvalue weighted by Gasteiger charge is -2.12. The number of halogens is 2. The number of ether oxygens (including phenoxy) is 2. The van der Waals surface area contributed by atoms with Crippen molar-refractivity contribution in [1.29, 1.82) is 5.26 Å². The minimum Gasteiger partial charge on any atom is -0.493 e. The molecule has 31 heavy (non-hydrogen) atoms. The van der Waals surface area contributed by atoms with Crippen molar-refractivity contribution in [1.82, 2.24) is 0 Å². The Morgan fingerprint density at radius 3 is 2.48 bits per heavy atom. The van der Waals surface area contributed by atoms with Crippen LogP contribution in [0.4, 0.5) is 5.69 Å². The monoisotopic (exact) mass is 540 g/mol. The number of nitriles is 1. The first-order chi connectivity index (χ1) is 15.0. The molecule has 156 valence electrons. The Morgan fingerprint density at radius 2 is 1.81 bits per heavy atom. The molecule has 0 atom stereocenters. The summed E-state index contributed by atoms with van der Waals surface area (Å²) in [6.45, 7) is 0.367. The van der Waals surface area contributed by atoms with Crippen molar-refractivity contribution in [3.63, 3.8) is 0 Å². The molecule has 0 heterocycles. The van der Waals surface area contributed by atoms with Crippen molar-refractivity contribution in [3.8, 4) is 17.6 Å². The van der Waals surface area contributed by atoms with E-state index in [0.717, 1.165) is 14.5 Å². The highest BCUT2D eigenvalue weighted by molar-refractivity contribution is 9.10. The molecule has 0 unspecified atom stereocenters. The molecular weight excluding hydrogens is 524 g/mol. The van der Waals surface area contributed by atoms with Gasteiger partial charge in [0.15, 0.2) is 11.5 Å². The number of rotatable bonds is 7. The Labute approximate surface area is 197 Å². The molecule has 0 radical (unpaired) electrons. The van der Waals surface area contributed by atoms with Gasteiger partial charge < -0.3 is 14.8 Å². The summed E-state index contributed by atoms with van der Waals surface area (Å²) in [6.07, 6.45) is 1.51. The van der Waals surface area contributed by atoms with E-state index in [2.05, 4.69) is 37.2 Å². The fraction of sp³-hybridized carbons (Fsp3) is 0.0833. The van der Waals surface area contributed by atoms with Crippen molar-refractivity contribution in [3.05, 3.63) is 92.4 Å². The number of amides is 1. The number of nitrogens with zero attached hydrogens (tertiary/aromatic N) is 1. The molecule has 0 spiro atoms. The number of methoxy groups -OCH3 is 1. The summed E-state index contributed by atoms with van der Waals surface area (Å²) in [6, 6.07) is 22.1. The number of carbonyl (C=O) groups is 1. The Morgan fingerprint density at radius 1 is 1.06 bits per heavy atom. The predicted molar refractivity (Wildman–Crippen MR) is 128 cm³/mol. The van der Waals surface area contributed by atoms with Gasteiger partial charge in [-0.1, -0.05) is 56.1 Å². The Bertz CT molecular complexity index is 1150. The van der Waals surface area contributed by atoms with Gasteiger partial charge in [0, 0.05) is 20.2 Å². The van der Waals surface area contributed by atoms with Gasteiger partial charge in [-0.25, -0.2) is 0 Å². The fourth-order valence-electron chi connectivity index (χ4n) is 2.71. The smallest absolute Gasteiger partial charge is 0.266 e. The first-order valence-corrected chi connectivity index (χ1v) is 10.8. The standard InChI is InChI=1S/C24H18Br2N2O3/c1-30-23-13-16(6-11-22(23)31-15-17-4-2-3-5-21(17)26)12-18(14-27)24(29)28-20-9-7-19(25)8-10-20/h2-13H,15H2,1H3,(H,28,29)/b18-12+. The number of nitrogens with one attached hydrogen (secondary N) is 1. The van der Waals surface area contributed by atoms with Crippen LogP contribution in [0.1, 0.15) is 11.1 Å². The van der Waals surface area contributed by atoms with Crippen molar-refractivity contribution in [2.45, 2.75) is 6.61 Å². The molecule has 1 N–H and O–H groups in total. The summed E-state index contributed by atoms with van der Waals surface area (Å²) >= 11 is 6.85. The lowest BCUT2D eigenvalue weighted by Crippen LogP contribution is -2.13. The van der Waals surface area contributed by atoms with Gasteiger partial charge in [0.25, 0.3) is 5.91 Å². The van der Waals surface area contributed by atoms with E-state index in [1.807, 2.05) is 42.5 Å². The highest BCUT2D eigenvalue weighted by Gasteiger charge is 2.12. The highest BCUT2D eigenvalue weighted by Crippen LogP contribution is 2.30. The first-order valence-electron chi connectivity index (χ1n) is 9.23. The topological polar surface area (TPSA) is 71.3 Å². The van der Waals surface area contributed by atoms with Crippen molar-refractivity contribution in [2.24, 2.45) is 0 Å². The van der Waals surface area contributed by atoms with Crippen LogP contribution >= 0.6 is 31.9 Å². The molecule has 3 aromatic rings. The zero-order valence-electron chi connectivity index (χ0n) is 16.6. The number of benzene rings is 3. The molecule has 5 nitrogen and oxygen atoms in total. The summed E-state index contributed by atoms with van der Waals surface area (Å²) in [5.41, 5.74) is 2.23. The number of carbonyl (C=O) groups excluding carboxylic acids is 1. The van der Waals surface area contributed by atoms with Crippen LogP contribution in [-0.4, -0.2) is 13.0 Å². The largest absolute Gasteiger partial charge is 0.493 e. The van der Waals surface area contributed by atoms with Gasteiger partial charge in [-0.05, 0) is 54.1 Å². The second kappa shape index (κ2) is 10.8. The lowest BCUT2D eigenvalue weighted by molar-refractivity contribution is -0.112. The van der Waals surface area contributed by atoms with E-state index in [9.17, 15) is 10.1 Å². The molecule has 0 fully saturated rings. The van der Waals surface area contributed by atoms with E-state index in [-0.39, 0.29) is 5.57 Å². The van der Waals surface area contributed by atoms with Gasteiger partial charge in [0.1, 0.15) is 18.2 Å². The van der Waals surface area contributed by atoms with E-state index in [1.165, 1.54) is 6.08 Å². The second-order valence-corrected chi connectivity index (χ2v) is 8.19. The van der Waals surface area contributed by atoms with Crippen molar-refractivity contribution >= 4 is 49.5 Å². The van der Waals surface area contributed by atoms with Gasteiger partial charge in [0.05, 0.1) is 7.11 Å². The quantitative estimate of drug-likeness (QED) is 0.279. The minimum absolute atomic E-state index is 0.0214. The first kappa shape index (κ1) is 22.6. The highest BCUT2D eigenvalue weighted by atomic mass is 79.9. The molecule has 0 saturated carbocycles. The molecule has 7 heteroatoms. The number of hydrogen-bond acceptors (Lipinski definition) is 4. The molecule has 0 bridgehead atoms. The zero-order valence-corrected chi connectivity index (χ0v) is 19.7. The Kier molecular flexibility index (Phi) is 7.88. The maximum atomic E-state index is 12.5. The molecule has 0 saturated heterocycles. The zero-order chi connectivity index (χ0) is 22.2. The van der Waals surface area contributed by atoms with Gasteiger partial charge >= 0.3 is 0 Å². The van der Waals surface area contributed by atoms with E-state index in [1.54, 1.807) is 37.4 Å². The summed E-state index contributed by atoms with van der Waals surface area (Å²) < 4.78 is 13.2. The maximum absolute atomic E-state index is 12.5. The summed E-state index contributed by atoms with van der Waals surface area (Å²) in [7, 11) is 1.54. The SMILES string of the molecule is COc1cc(/C=C(\C#N)C(=O)Nc2ccc(Br)cc2)ccc1OCc1ccccc1Br. The van der Waals surface area contributed by atoms with Crippen LogP contribution in [-0.2, 0) is 11.4 Å². The lowest BCUT2D eigenvalue weighted by atomic mass is 10.1. The average molecular weight is 542 g/mol. The third-order valence-electron chi connectivity index (χ3n) is 4.31. The average Bonchev–Trinajstić information content (AvgIpc) is 2.78. The van der Waals surface area contributed by atoms with Crippen LogP contribution < -0.4 is 14.8 Å². The van der Waals surface area contributed by atoms with E-state index >= 15 is 0 Å². The van der Waals surface area contributed by atoms with E-state index in [0.29, 0.717) is 29.4 Å². The van der Waals surface area contributed by atoms with Gasteiger partial charge in [0.2, 0.25) is 0 Å². The number of hydrogen-bond donors (Lipinski definition) is 1. The van der Waals surface area contributed by atoms with Crippen LogP contribution in [0.25, 0.3) is 6.08 Å². The molecule has 3 rings (SSSR count). The molecule has 0 aliphatic carbocycles. The molecule has 0 aliphatic rings. The van der Waals surface area contributed by atoms with Crippen LogP contribution in [0.5, 0.6) is 11.5 Å². The van der Waals surface area contributed by atoms with Crippen LogP contribution in [0.3, 0.4) is 0 Å². The summed E-state index contributed by atoms with van der Waals surface area (Å²) in [5, 5.41) is 12.2. The van der Waals surface area contributed by atoms with Gasteiger partial charge in [-0.3, -0.25) is 4.79 Å². The Hall–Kier alpha value is -3.08. The molecule has 1 amide bonds. The third-order valence-corrected chi connectivity index (χ3v) is 5.61. The van der Waals surface area contributed by atoms with Gasteiger partial charge in [-0.2, -0.15) is 5.26 Å². The number of anilines is 1. The molecular formula is C24H18Br2N2O3. The van der Waals surface area contributed by atoms with Crippen LogP contribution in [0, 0.1) is 11.3 Å². The predicted octanol–water partition coefficient (Wildman–Crippen LogP) is 6.34. The van der Waals surface area contributed by atoms with Crippen LogP contribution in [0.15, 0.2) is 81.2 Å². The van der Waals surface area contributed by atoms with Crippen LogP contribution in [0.2, 0.25) is 0 Å². The maximum Gasteiger partial charge on any atom is 0.266 e. The second-order valence-electron chi connectivity index (χ2n) is 6.42. The van der Waals surface area contributed by atoms with Crippen molar-refractivity contribution < 1.29 is 14.3 Å². The third kappa shape index (κ3) is 6.20. The van der Waals surface area contributed by atoms with E-state index < -0.39 is 5.91 Å². The Balaban J connectivity index is 1.75. The normalized spacial score (nSPS) is 10.8.